The Balaban J connectivity index is 1.86. The Morgan fingerprint density at radius 1 is 1.16 bits per heavy atom. The second-order valence-electron chi connectivity index (χ2n) is 8.07. The Hall–Kier alpha value is -3.26. The van der Waals surface area contributed by atoms with E-state index in [9.17, 15) is 13.6 Å². The highest BCUT2D eigenvalue weighted by Gasteiger charge is 2.41. The van der Waals surface area contributed by atoms with Gasteiger partial charge >= 0.3 is 0 Å². The number of benzene rings is 2. The van der Waals surface area contributed by atoms with Gasteiger partial charge in [-0.2, -0.15) is 0 Å². The molecule has 162 valence electrons. The predicted octanol–water partition coefficient (Wildman–Crippen LogP) is 3.97. The smallest absolute Gasteiger partial charge is 0.237 e. The van der Waals surface area contributed by atoms with Crippen molar-refractivity contribution in [1.82, 2.24) is 14.5 Å². The van der Waals surface area contributed by atoms with Gasteiger partial charge in [0.2, 0.25) is 11.8 Å². The van der Waals surface area contributed by atoms with Gasteiger partial charge in [0.05, 0.1) is 12.1 Å². The van der Waals surface area contributed by atoms with Crippen molar-refractivity contribution in [2.24, 2.45) is 5.73 Å². The van der Waals surface area contributed by atoms with Crippen molar-refractivity contribution in [2.45, 2.75) is 32.9 Å². The molecule has 3 aromatic rings. The summed E-state index contributed by atoms with van der Waals surface area (Å²) < 4.78 is 35.4. The number of fused-ring (bicyclic) bond motifs is 1. The molecule has 0 radical (unpaired) electrons. The molecular formula is C23H24F2N4O2. The monoisotopic (exact) mass is 426 g/mol. The highest BCUT2D eigenvalue weighted by Crippen LogP contribution is 2.41. The summed E-state index contributed by atoms with van der Waals surface area (Å²) in [5.41, 5.74) is 6.52. The van der Waals surface area contributed by atoms with Crippen LogP contribution in [0.25, 0.3) is 11.3 Å². The van der Waals surface area contributed by atoms with Gasteiger partial charge in [0.25, 0.3) is 0 Å². The minimum absolute atomic E-state index is 0.0901. The molecule has 31 heavy (non-hydrogen) atoms. The topological polar surface area (TPSA) is 73.4 Å². The lowest BCUT2D eigenvalue weighted by Crippen LogP contribution is -2.53. The number of ether oxygens (including phenoxy) is 1. The molecule has 4 rings (SSSR count). The molecule has 2 N–H and O–H groups in total. The van der Waals surface area contributed by atoms with Crippen molar-refractivity contribution in [1.29, 1.82) is 0 Å². The first kappa shape index (κ1) is 21.0. The molecule has 0 fully saturated rings. The summed E-state index contributed by atoms with van der Waals surface area (Å²) in [6, 6.07) is 10.5. The third-order valence-corrected chi connectivity index (χ3v) is 5.63. The molecule has 1 aromatic heterocycles. The van der Waals surface area contributed by atoms with Gasteiger partial charge in [0, 0.05) is 18.7 Å². The summed E-state index contributed by atoms with van der Waals surface area (Å²) in [6.07, 6.45) is 0. The molecule has 0 saturated heterocycles. The van der Waals surface area contributed by atoms with Crippen LogP contribution in [0.1, 0.15) is 25.2 Å². The number of nitrogens with zero attached hydrogens (tertiary/aromatic N) is 3. The highest BCUT2D eigenvalue weighted by molar-refractivity contribution is 5.79. The van der Waals surface area contributed by atoms with Crippen LogP contribution in [-0.2, 0) is 16.9 Å². The van der Waals surface area contributed by atoms with Crippen LogP contribution in [0, 0.1) is 18.6 Å². The van der Waals surface area contributed by atoms with E-state index in [2.05, 4.69) is 0 Å². The van der Waals surface area contributed by atoms with Gasteiger partial charge in [-0.25, -0.2) is 13.8 Å². The van der Waals surface area contributed by atoms with Gasteiger partial charge in [0.1, 0.15) is 28.9 Å². The molecule has 1 amide bonds. The molecule has 0 spiro atoms. The summed E-state index contributed by atoms with van der Waals surface area (Å²) >= 11 is 0. The molecule has 0 unspecified atom stereocenters. The fraction of sp³-hybridized carbons (Fsp3) is 0.304. The lowest BCUT2D eigenvalue weighted by molar-refractivity contribution is -0.137. The number of amides is 1. The molecule has 8 heteroatoms. The third kappa shape index (κ3) is 3.67. The van der Waals surface area contributed by atoms with Crippen LogP contribution in [-0.4, -0.2) is 33.4 Å². The summed E-state index contributed by atoms with van der Waals surface area (Å²) in [5, 5.41) is 0. The maximum atomic E-state index is 13.7. The zero-order chi connectivity index (χ0) is 22.3. The quantitative estimate of drug-likeness (QED) is 0.685. The Morgan fingerprint density at radius 3 is 2.52 bits per heavy atom. The number of hydrogen-bond donors (Lipinski definition) is 1. The van der Waals surface area contributed by atoms with Crippen LogP contribution in [0.4, 0.5) is 8.78 Å². The first-order valence-corrected chi connectivity index (χ1v) is 10.0. The lowest BCUT2D eigenvalue weighted by atomic mass is 9.99. The van der Waals surface area contributed by atoms with E-state index in [1.165, 1.54) is 18.2 Å². The van der Waals surface area contributed by atoms with E-state index in [1.54, 1.807) is 36.1 Å². The number of aryl methyl sites for hydroxylation is 1. The van der Waals surface area contributed by atoms with Gasteiger partial charge in [-0.15, -0.1) is 0 Å². The predicted molar refractivity (Wildman–Crippen MR) is 113 cm³/mol. The van der Waals surface area contributed by atoms with Crippen LogP contribution < -0.4 is 10.5 Å². The van der Waals surface area contributed by atoms with Gasteiger partial charge in [-0.1, -0.05) is 0 Å². The third-order valence-electron chi connectivity index (χ3n) is 5.63. The van der Waals surface area contributed by atoms with Gasteiger partial charge in [-0.3, -0.25) is 9.36 Å². The van der Waals surface area contributed by atoms with Crippen molar-refractivity contribution in [3.05, 3.63) is 65.5 Å². The van der Waals surface area contributed by atoms with E-state index in [4.69, 9.17) is 15.5 Å². The normalized spacial score (nSPS) is 15.0. The zero-order valence-corrected chi connectivity index (χ0v) is 17.7. The molecule has 1 aliphatic rings. The second-order valence-corrected chi connectivity index (χ2v) is 8.07. The molecule has 0 aliphatic carbocycles. The van der Waals surface area contributed by atoms with Crippen LogP contribution in [0.15, 0.2) is 42.5 Å². The molecular weight excluding hydrogens is 402 g/mol. The summed E-state index contributed by atoms with van der Waals surface area (Å²) in [7, 11) is 0. The van der Waals surface area contributed by atoms with Crippen LogP contribution in [0.2, 0.25) is 0 Å². The lowest BCUT2D eigenvalue weighted by Gasteiger charge is -2.42. The Morgan fingerprint density at radius 2 is 1.87 bits per heavy atom. The number of carbonyl (C=O) groups excluding carboxylic acids is 1. The van der Waals surface area contributed by atoms with E-state index in [1.807, 2.05) is 18.4 Å². The largest absolute Gasteiger partial charge is 0.438 e. The van der Waals surface area contributed by atoms with Crippen molar-refractivity contribution < 1.29 is 18.3 Å². The van der Waals surface area contributed by atoms with E-state index in [-0.39, 0.29) is 24.1 Å². The van der Waals surface area contributed by atoms with Crippen LogP contribution in [0.3, 0.4) is 0 Å². The Labute approximate surface area is 179 Å². The average molecular weight is 426 g/mol. The van der Waals surface area contributed by atoms with Gasteiger partial charge in [-0.05, 0) is 68.8 Å². The number of halogens is 2. The summed E-state index contributed by atoms with van der Waals surface area (Å²) in [5.74, 6) is 0.708. The molecule has 1 aliphatic heterocycles. The highest BCUT2D eigenvalue weighted by atomic mass is 19.1. The average Bonchev–Trinajstić information content (AvgIpc) is 3.10. The standard InChI is InChI=1S/C23H24F2N4O2/c1-14-12-17(8-9-18(14)25)31-21-20(15-4-6-16(24)7-5-15)27-22-23(2,3)29(19(30)13-26)11-10-28(21)22/h4-9,12H,10-11,13,26H2,1-3H3. The van der Waals surface area contributed by atoms with Crippen molar-refractivity contribution in [3.63, 3.8) is 0 Å². The molecule has 0 bridgehead atoms. The zero-order valence-electron chi connectivity index (χ0n) is 17.7. The fourth-order valence-corrected chi connectivity index (χ4v) is 3.95. The number of nitrogens with two attached hydrogens (primary N) is 1. The van der Waals surface area contributed by atoms with Crippen molar-refractivity contribution in [3.8, 4) is 22.9 Å². The van der Waals surface area contributed by atoms with E-state index in [0.29, 0.717) is 47.4 Å². The van der Waals surface area contributed by atoms with Crippen molar-refractivity contribution in [2.75, 3.05) is 13.1 Å². The maximum Gasteiger partial charge on any atom is 0.237 e. The second kappa shape index (κ2) is 7.77. The van der Waals surface area contributed by atoms with Crippen LogP contribution >= 0.6 is 0 Å². The minimum atomic E-state index is -0.732. The summed E-state index contributed by atoms with van der Waals surface area (Å²) in [6.45, 7) is 6.27. The number of hydrogen-bond acceptors (Lipinski definition) is 4. The van der Waals surface area contributed by atoms with Gasteiger partial charge < -0.3 is 15.4 Å². The Bertz CT molecular complexity index is 1140. The number of rotatable bonds is 4. The molecule has 2 heterocycles. The fourth-order valence-electron chi connectivity index (χ4n) is 3.95. The SMILES string of the molecule is Cc1cc(Oc2c(-c3ccc(F)cc3)nc3n2CCN(C(=O)CN)C3(C)C)ccc1F. The first-order chi connectivity index (χ1) is 14.7. The molecule has 6 nitrogen and oxygen atoms in total. The van der Waals surface area contributed by atoms with E-state index < -0.39 is 5.54 Å². The number of aromatic nitrogens is 2. The molecule has 2 aromatic carbocycles. The number of carbonyl (C=O) groups is 1. The minimum Gasteiger partial charge on any atom is -0.438 e. The summed E-state index contributed by atoms with van der Waals surface area (Å²) in [4.78, 5) is 18.9. The van der Waals surface area contributed by atoms with E-state index >= 15 is 0 Å². The molecule has 0 atom stereocenters. The van der Waals surface area contributed by atoms with Crippen molar-refractivity contribution >= 4 is 5.91 Å². The first-order valence-electron chi connectivity index (χ1n) is 10.0. The maximum absolute atomic E-state index is 13.7. The van der Waals surface area contributed by atoms with E-state index in [0.717, 1.165) is 0 Å². The Kier molecular flexibility index (Phi) is 5.26. The number of imidazole rings is 1. The van der Waals surface area contributed by atoms with Crippen LogP contribution in [0.5, 0.6) is 11.6 Å². The molecule has 0 saturated carbocycles. The van der Waals surface area contributed by atoms with Gasteiger partial charge in [0.15, 0.2) is 0 Å².